The first kappa shape index (κ1) is 9.84. The van der Waals surface area contributed by atoms with Crippen molar-refractivity contribution in [1.29, 1.82) is 0 Å². The number of carbonyl (C=O) groups excluding carboxylic acids is 1. The zero-order chi connectivity index (χ0) is 10.5. The third kappa shape index (κ3) is 1.15. The van der Waals surface area contributed by atoms with E-state index in [2.05, 4.69) is 0 Å². The standard InChI is InChI=1S/C9H3Cl3O2/c10-3-1-2-4(13)6-5(3)7(11)8(12)9(6)14/h1-2,13H. The van der Waals surface area contributed by atoms with Crippen LogP contribution in [0.5, 0.6) is 5.75 Å². The van der Waals surface area contributed by atoms with Crippen molar-refractivity contribution in [3.8, 4) is 5.75 Å². The number of hydrogen-bond donors (Lipinski definition) is 1. The maximum atomic E-state index is 11.5. The number of benzene rings is 1. The molecule has 14 heavy (non-hydrogen) atoms. The monoisotopic (exact) mass is 248 g/mol. The van der Waals surface area contributed by atoms with E-state index in [4.69, 9.17) is 34.8 Å². The van der Waals surface area contributed by atoms with Gasteiger partial charge in [0, 0.05) is 5.56 Å². The van der Waals surface area contributed by atoms with Crippen molar-refractivity contribution in [3.63, 3.8) is 0 Å². The van der Waals surface area contributed by atoms with E-state index in [0.717, 1.165) is 0 Å². The molecule has 1 N–H and O–H groups in total. The van der Waals surface area contributed by atoms with Crippen LogP contribution in [0.15, 0.2) is 17.2 Å². The highest BCUT2D eigenvalue weighted by atomic mass is 35.5. The summed E-state index contributed by atoms with van der Waals surface area (Å²) in [5.74, 6) is -0.658. The molecule has 1 aromatic rings. The van der Waals surface area contributed by atoms with E-state index in [1.807, 2.05) is 0 Å². The van der Waals surface area contributed by atoms with Gasteiger partial charge in [0.2, 0.25) is 5.78 Å². The fourth-order valence-electron chi connectivity index (χ4n) is 1.33. The van der Waals surface area contributed by atoms with Crippen LogP contribution in [0.3, 0.4) is 0 Å². The van der Waals surface area contributed by atoms with Crippen molar-refractivity contribution in [1.82, 2.24) is 0 Å². The molecule has 0 aromatic heterocycles. The van der Waals surface area contributed by atoms with Crippen LogP contribution >= 0.6 is 34.8 Å². The molecule has 0 radical (unpaired) electrons. The zero-order valence-electron chi connectivity index (χ0n) is 6.64. The molecule has 0 saturated carbocycles. The molecule has 1 aliphatic carbocycles. The van der Waals surface area contributed by atoms with Gasteiger partial charge in [0.05, 0.1) is 15.6 Å². The van der Waals surface area contributed by atoms with Crippen LogP contribution in [0.4, 0.5) is 0 Å². The molecule has 0 unspecified atom stereocenters. The predicted octanol–water partition coefficient (Wildman–Crippen LogP) is 3.39. The average Bonchev–Trinajstić information content (AvgIpc) is 2.38. The van der Waals surface area contributed by atoms with Gasteiger partial charge in [0.1, 0.15) is 10.8 Å². The molecule has 1 aromatic carbocycles. The molecule has 0 bridgehead atoms. The van der Waals surface area contributed by atoms with Crippen LogP contribution in [-0.4, -0.2) is 10.9 Å². The Morgan fingerprint density at radius 3 is 2.21 bits per heavy atom. The van der Waals surface area contributed by atoms with Gasteiger partial charge in [-0.3, -0.25) is 4.79 Å². The molecule has 0 spiro atoms. The zero-order valence-corrected chi connectivity index (χ0v) is 8.91. The van der Waals surface area contributed by atoms with Crippen LogP contribution in [-0.2, 0) is 0 Å². The summed E-state index contributed by atoms with van der Waals surface area (Å²) in [4.78, 5) is 11.5. The Kier molecular flexibility index (Phi) is 2.22. The van der Waals surface area contributed by atoms with Crippen LogP contribution in [0, 0.1) is 0 Å². The highest BCUT2D eigenvalue weighted by Crippen LogP contribution is 2.44. The third-order valence-electron chi connectivity index (χ3n) is 1.97. The van der Waals surface area contributed by atoms with E-state index in [1.54, 1.807) is 0 Å². The number of fused-ring (bicyclic) bond motifs is 1. The summed E-state index contributed by atoms with van der Waals surface area (Å²) in [6.45, 7) is 0. The molecular weight excluding hydrogens is 246 g/mol. The van der Waals surface area contributed by atoms with Gasteiger partial charge in [-0.25, -0.2) is 0 Å². The fraction of sp³-hybridized carbons (Fsp3) is 0. The Bertz CT molecular complexity index is 477. The maximum Gasteiger partial charge on any atom is 0.210 e. The van der Waals surface area contributed by atoms with Gasteiger partial charge >= 0.3 is 0 Å². The lowest BCUT2D eigenvalue weighted by Gasteiger charge is -2.03. The number of rotatable bonds is 0. The van der Waals surface area contributed by atoms with Gasteiger partial charge in [-0.2, -0.15) is 0 Å². The minimum atomic E-state index is -0.494. The Balaban J connectivity index is 2.85. The van der Waals surface area contributed by atoms with Gasteiger partial charge < -0.3 is 5.11 Å². The topological polar surface area (TPSA) is 37.3 Å². The Labute approximate surface area is 94.7 Å². The van der Waals surface area contributed by atoms with Gasteiger partial charge in [0.25, 0.3) is 0 Å². The number of ketones is 1. The second-order valence-corrected chi connectivity index (χ2v) is 3.94. The lowest BCUT2D eigenvalue weighted by Crippen LogP contribution is -1.95. The van der Waals surface area contributed by atoms with E-state index in [9.17, 15) is 9.90 Å². The van der Waals surface area contributed by atoms with Crippen LogP contribution in [0.1, 0.15) is 15.9 Å². The molecule has 0 saturated heterocycles. The summed E-state index contributed by atoms with van der Waals surface area (Å²) in [5.41, 5.74) is 0.385. The fourth-order valence-corrected chi connectivity index (χ4v) is 2.10. The highest BCUT2D eigenvalue weighted by Gasteiger charge is 2.32. The summed E-state index contributed by atoms with van der Waals surface area (Å²) in [6, 6.07) is 2.79. The SMILES string of the molecule is O=C1C(Cl)=C(Cl)c2c(Cl)ccc(O)c21. The molecular formula is C9H3Cl3O2. The predicted molar refractivity (Wildman–Crippen MR) is 56.1 cm³/mol. The third-order valence-corrected chi connectivity index (χ3v) is 3.12. The number of phenols is 1. The number of hydrogen-bond acceptors (Lipinski definition) is 2. The summed E-state index contributed by atoms with van der Waals surface area (Å²) in [7, 11) is 0. The normalized spacial score (nSPS) is 14.9. The molecule has 5 heteroatoms. The minimum absolute atomic E-state index is 0.0764. The molecule has 0 atom stereocenters. The largest absolute Gasteiger partial charge is 0.507 e. The first-order valence-electron chi connectivity index (χ1n) is 3.66. The molecule has 0 aliphatic heterocycles. The van der Waals surface area contributed by atoms with Crippen molar-refractivity contribution in [3.05, 3.63) is 33.3 Å². The van der Waals surface area contributed by atoms with Crippen molar-refractivity contribution >= 4 is 45.6 Å². The molecule has 2 rings (SSSR count). The van der Waals surface area contributed by atoms with Crippen molar-refractivity contribution in [2.75, 3.05) is 0 Å². The lowest BCUT2D eigenvalue weighted by atomic mass is 10.1. The average molecular weight is 249 g/mol. The number of aromatic hydroxyl groups is 1. The summed E-state index contributed by atoms with van der Waals surface area (Å²) < 4.78 is 0. The quantitative estimate of drug-likeness (QED) is 0.765. The Morgan fingerprint density at radius 1 is 1.00 bits per heavy atom. The lowest BCUT2D eigenvalue weighted by molar-refractivity contribution is 0.104. The summed E-state index contributed by atoms with van der Waals surface area (Å²) >= 11 is 17.3. The first-order chi connectivity index (χ1) is 6.54. The number of carbonyl (C=O) groups is 1. The smallest absolute Gasteiger partial charge is 0.210 e. The highest BCUT2D eigenvalue weighted by molar-refractivity contribution is 6.65. The number of phenolic OH excluding ortho intramolecular Hbond substituents is 1. The van der Waals surface area contributed by atoms with Gasteiger partial charge in [-0.15, -0.1) is 0 Å². The van der Waals surface area contributed by atoms with Gasteiger partial charge in [0.15, 0.2) is 0 Å². The second-order valence-electron chi connectivity index (χ2n) is 2.77. The van der Waals surface area contributed by atoms with E-state index in [1.165, 1.54) is 12.1 Å². The van der Waals surface area contributed by atoms with E-state index < -0.39 is 5.78 Å². The van der Waals surface area contributed by atoms with Crippen LogP contribution in [0.2, 0.25) is 5.02 Å². The summed E-state index contributed by atoms with van der Waals surface area (Å²) in [5, 5.41) is 9.72. The maximum absolute atomic E-state index is 11.5. The van der Waals surface area contributed by atoms with E-state index >= 15 is 0 Å². The first-order valence-corrected chi connectivity index (χ1v) is 4.79. The van der Waals surface area contributed by atoms with Crippen molar-refractivity contribution in [2.24, 2.45) is 0 Å². The molecule has 1 aliphatic rings. The molecule has 2 nitrogen and oxygen atoms in total. The van der Waals surface area contributed by atoms with E-state index in [-0.39, 0.29) is 21.4 Å². The van der Waals surface area contributed by atoms with Crippen molar-refractivity contribution in [2.45, 2.75) is 0 Å². The second kappa shape index (κ2) is 3.16. The molecule has 0 fully saturated rings. The number of Topliss-reactive ketones (excluding diaryl/α,β-unsaturated/α-hetero) is 1. The molecule has 0 heterocycles. The molecule has 0 amide bonds. The van der Waals surface area contributed by atoms with E-state index in [0.29, 0.717) is 10.6 Å². The van der Waals surface area contributed by atoms with Crippen molar-refractivity contribution < 1.29 is 9.90 Å². The number of allylic oxidation sites excluding steroid dienone is 1. The Morgan fingerprint density at radius 2 is 1.64 bits per heavy atom. The van der Waals surface area contributed by atoms with Gasteiger partial charge in [-0.1, -0.05) is 34.8 Å². The van der Waals surface area contributed by atoms with Crippen LogP contribution in [0.25, 0.3) is 5.03 Å². The van der Waals surface area contributed by atoms with Gasteiger partial charge in [-0.05, 0) is 12.1 Å². The Hall–Kier alpha value is -0.700. The summed E-state index contributed by atoms with van der Waals surface area (Å²) in [6.07, 6.45) is 0. The number of halogens is 3. The minimum Gasteiger partial charge on any atom is -0.507 e. The molecule has 72 valence electrons. The van der Waals surface area contributed by atoms with Crippen LogP contribution < -0.4 is 0 Å².